The molecule has 0 bridgehead atoms. The second-order valence-electron chi connectivity index (χ2n) is 2.29. The van der Waals surface area contributed by atoms with Gasteiger partial charge in [0, 0.05) is 5.88 Å². The third kappa shape index (κ3) is 6.16. The third-order valence-corrected chi connectivity index (χ3v) is 1.50. The van der Waals surface area contributed by atoms with E-state index >= 15 is 0 Å². The van der Waals surface area contributed by atoms with E-state index in [2.05, 4.69) is 11.3 Å². The third-order valence-electron chi connectivity index (χ3n) is 1.23. The van der Waals surface area contributed by atoms with Crippen molar-refractivity contribution >= 4 is 17.6 Å². The van der Waals surface area contributed by atoms with Crippen molar-refractivity contribution in [1.29, 1.82) is 0 Å². The van der Waals surface area contributed by atoms with Gasteiger partial charge in [0.2, 0.25) is 5.83 Å². The predicted octanol–water partition coefficient (Wildman–Crippen LogP) is 2.42. The van der Waals surface area contributed by atoms with Crippen molar-refractivity contribution in [3.05, 3.63) is 12.4 Å². The molecule has 0 rings (SSSR count). The van der Waals surface area contributed by atoms with Crippen molar-refractivity contribution in [2.24, 2.45) is 0 Å². The lowest BCUT2D eigenvalue weighted by Crippen LogP contribution is -2.05. The monoisotopic (exact) mass is 194 g/mol. The number of halogens is 2. The zero-order valence-electron chi connectivity index (χ0n) is 6.82. The number of esters is 1. The van der Waals surface area contributed by atoms with Crippen molar-refractivity contribution in [3.8, 4) is 0 Å². The molecule has 4 heteroatoms. The Labute approximate surface area is 76.3 Å². The maximum atomic E-state index is 12.0. The van der Waals surface area contributed by atoms with E-state index in [0.29, 0.717) is 12.3 Å². The van der Waals surface area contributed by atoms with E-state index < -0.39 is 11.8 Å². The van der Waals surface area contributed by atoms with Crippen LogP contribution in [-0.4, -0.2) is 18.5 Å². The number of rotatable bonds is 6. The van der Waals surface area contributed by atoms with E-state index in [1.165, 1.54) is 0 Å². The van der Waals surface area contributed by atoms with E-state index in [1.54, 1.807) is 0 Å². The summed E-state index contributed by atoms with van der Waals surface area (Å²) in [6, 6.07) is 0. The molecule has 0 aromatic rings. The standard InChI is InChI=1S/C8H12ClFO2/c1-7(10)8(11)12-6-4-2-3-5-9/h1-6H2. The summed E-state index contributed by atoms with van der Waals surface area (Å²) in [5.41, 5.74) is 0. The Morgan fingerprint density at radius 3 is 2.58 bits per heavy atom. The van der Waals surface area contributed by atoms with Gasteiger partial charge in [-0.25, -0.2) is 4.79 Å². The molecule has 0 aliphatic carbocycles. The van der Waals surface area contributed by atoms with Gasteiger partial charge in [0.05, 0.1) is 6.61 Å². The van der Waals surface area contributed by atoms with Crippen molar-refractivity contribution in [2.45, 2.75) is 19.3 Å². The van der Waals surface area contributed by atoms with Crippen LogP contribution in [0.1, 0.15) is 19.3 Å². The second kappa shape index (κ2) is 7.10. The van der Waals surface area contributed by atoms with Gasteiger partial charge in [0.15, 0.2) is 0 Å². The minimum Gasteiger partial charge on any atom is -0.460 e. The smallest absolute Gasteiger partial charge is 0.366 e. The lowest BCUT2D eigenvalue weighted by molar-refractivity contribution is -0.140. The summed E-state index contributed by atoms with van der Waals surface area (Å²) in [4.78, 5) is 10.5. The molecule has 0 aliphatic heterocycles. The molecule has 0 radical (unpaired) electrons. The highest BCUT2D eigenvalue weighted by Crippen LogP contribution is 2.00. The molecule has 0 spiro atoms. The van der Waals surface area contributed by atoms with E-state index in [1.807, 2.05) is 0 Å². The molecule has 12 heavy (non-hydrogen) atoms. The average Bonchev–Trinajstić information content (AvgIpc) is 2.03. The summed E-state index contributed by atoms with van der Waals surface area (Å²) < 4.78 is 16.5. The molecule has 0 heterocycles. The number of unbranched alkanes of at least 4 members (excludes halogenated alkanes) is 2. The highest BCUT2D eigenvalue weighted by atomic mass is 35.5. The lowest BCUT2D eigenvalue weighted by Gasteiger charge is -2.01. The first-order valence-electron chi connectivity index (χ1n) is 3.76. The van der Waals surface area contributed by atoms with Gasteiger partial charge in [-0.3, -0.25) is 0 Å². The normalized spacial score (nSPS) is 9.50. The summed E-state index contributed by atoms with van der Waals surface area (Å²) >= 11 is 5.41. The highest BCUT2D eigenvalue weighted by Gasteiger charge is 2.05. The van der Waals surface area contributed by atoms with Crippen molar-refractivity contribution in [3.63, 3.8) is 0 Å². The fourth-order valence-electron chi connectivity index (χ4n) is 0.617. The Morgan fingerprint density at radius 1 is 1.42 bits per heavy atom. The van der Waals surface area contributed by atoms with Crippen LogP contribution in [0.2, 0.25) is 0 Å². The Bertz CT molecular complexity index is 159. The average molecular weight is 195 g/mol. The van der Waals surface area contributed by atoms with Crippen molar-refractivity contribution in [2.75, 3.05) is 12.5 Å². The van der Waals surface area contributed by atoms with Crippen LogP contribution >= 0.6 is 11.6 Å². The molecule has 0 aliphatic rings. The molecule has 0 saturated carbocycles. The van der Waals surface area contributed by atoms with Crippen molar-refractivity contribution < 1.29 is 13.9 Å². The summed E-state index contributed by atoms with van der Waals surface area (Å²) in [5.74, 6) is -1.42. The summed E-state index contributed by atoms with van der Waals surface area (Å²) in [7, 11) is 0. The largest absolute Gasteiger partial charge is 0.460 e. The molecular weight excluding hydrogens is 183 g/mol. The number of hydrogen-bond donors (Lipinski definition) is 0. The first-order valence-corrected chi connectivity index (χ1v) is 4.29. The van der Waals surface area contributed by atoms with Crippen LogP contribution in [0.3, 0.4) is 0 Å². The van der Waals surface area contributed by atoms with Gasteiger partial charge in [0.1, 0.15) is 0 Å². The van der Waals surface area contributed by atoms with Gasteiger partial charge < -0.3 is 4.74 Å². The molecular formula is C8H12ClFO2. The van der Waals surface area contributed by atoms with Crippen LogP contribution in [0, 0.1) is 0 Å². The Balaban J connectivity index is 3.20. The molecule has 0 saturated heterocycles. The number of carbonyl (C=O) groups excluding carboxylic acids is 1. The Kier molecular flexibility index (Phi) is 6.76. The van der Waals surface area contributed by atoms with Crippen LogP contribution in [0.25, 0.3) is 0 Å². The summed E-state index contributed by atoms with van der Waals surface area (Å²) in [5, 5.41) is 0. The van der Waals surface area contributed by atoms with Gasteiger partial charge in [-0.2, -0.15) is 4.39 Å². The minimum absolute atomic E-state index is 0.235. The van der Waals surface area contributed by atoms with Gasteiger partial charge >= 0.3 is 5.97 Å². The molecule has 0 fully saturated rings. The first-order chi connectivity index (χ1) is 5.68. The van der Waals surface area contributed by atoms with E-state index in [4.69, 9.17) is 11.6 Å². The van der Waals surface area contributed by atoms with Crippen LogP contribution in [0.15, 0.2) is 12.4 Å². The highest BCUT2D eigenvalue weighted by molar-refractivity contribution is 6.17. The fourth-order valence-corrected chi connectivity index (χ4v) is 0.805. The zero-order valence-corrected chi connectivity index (χ0v) is 7.57. The molecule has 2 nitrogen and oxygen atoms in total. The Morgan fingerprint density at radius 2 is 2.08 bits per heavy atom. The van der Waals surface area contributed by atoms with Gasteiger partial charge in [-0.05, 0) is 19.3 Å². The van der Waals surface area contributed by atoms with E-state index in [-0.39, 0.29) is 6.61 Å². The van der Waals surface area contributed by atoms with Crippen LogP contribution in [0.5, 0.6) is 0 Å². The maximum absolute atomic E-state index is 12.0. The van der Waals surface area contributed by atoms with Crippen LogP contribution in [0.4, 0.5) is 4.39 Å². The quantitative estimate of drug-likeness (QED) is 0.281. The molecule has 70 valence electrons. The Hall–Kier alpha value is -0.570. The van der Waals surface area contributed by atoms with E-state index in [9.17, 15) is 9.18 Å². The zero-order chi connectivity index (χ0) is 9.40. The molecule has 0 amide bonds. The van der Waals surface area contributed by atoms with Gasteiger partial charge in [-0.15, -0.1) is 11.6 Å². The molecule has 0 aromatic carbocycles. The maximum Gasteiger partial charge on any atom is 0.366 e. The molecule has 0 atom stereocenters. The van der Waals surface area contributed by atoms with Gasteiger partial charge in [-0.1, -0.05) is 6.58 Å². The predicted molar refractivity (Wildman–Crippen MR) is 45.8 cm³/mol. The summed E-state index contributed by atoms with van der Waals surface area (Å²) in [6.45, 7) is 3.04. The molecule has 0 aromatic heterocycles. The number of alkyl halides is 1. The van der Waals surface area contributed by atoms with Crippen LogP contribution < -0.4 is 0 Å². The number of carbonyl (C=O) groups is 1. The van der Waals surface area contributed by atoms with Crippen molar-refractivity contribution in [1.82, 2.24) is 0 Å². The molecule has 0 N–H and O–H groups in total. The first kappa shape index (κ1) is 11.4. The minimum atomic E-state index is -1.05. The second-order valence-corrected chi connectivity index (χ2v) is 2.67. The van der Waals surface area contributed by atoms with E-state index in [0.717, 1.165) is 12.8 Å². The summed E-state index contributed by atoms with van der Waals surface area (Å²) in [6.07, 6.45) is 2.48. The SMILES string of the molecule is C=C(F)C(=O)OCCCCCCl. The van der Waals surface area contributed by atoms with Crippen LogP contribution in [-0.2, 0) is 9.53 Å². The lowest BCUT2D eigenvalue weighted by atomic mass is 10.3. The number of ether oxygens (including phenoxy) is 1. The van der Waals surface area contributed by atoms with Gasteiger partial charge in [0.25, 0.3) is 0 Å². The molecule has 0 unspecified atom stereocenters. The fraction of sp³-hybridized carbons (Fsp3) is 0.625. The number of hydrogen-bond acceptors (Lipinski definition) is 2. The topological polar surface area (TPSA) is 26.3 Å².